The van der Waals surface area contributed by atoms with Gasteiger partial charge in [0.2, 0.25) is 0 Å². The van der Waals surface area contributed by atoms with Gasteiger partial charge in [-0.1, -0.05) is 0 Å². The molecule has 2 aliphatic heterocycles. The summed E-state index contributed by atoms with van der Waals surface area (Å²) in [5.41, 5.74) is 6.31. The van der Waals surface area contributed by atoms with E-state index in [-0.39, 0.29) is 22.9 Å². The van der Waals surface area contributed by atoms with E-state index >= 15 is 0 Å². The Bertz CT molecular complexity index is 712. The first-order valence-corrected chi connectivity index (χ1v) is 8.85. The first kappa shape index (κ1) is 18.3. The van der Waals surface area contributed by atoms with Crippen molar-refractivity contribution in [3.05, 3.63) is 28.3 Å². The van der Waals surface area contributed by atoms with Crippen LogP contribution in [-0.4, -0.2) is 47.7 Å². The lowest BCUT2D eigenvalue weighted by Crippen LogP contribution is -2.61. The zero-order valence-corrected chi connectivity index (χ0v) is 15.5. The number of carbonyl (C=O) groups excluding carboxylic acids is 1. The van der Waals surface area contributed by atoms with Gasteiger partial charge in [0, 0.05) is 43.3 Å². The molecule has 1 amide bonds. The van der Waals surface area contributed by atoms with Crippen molar-refractivity contribution in [2.45, 2.75) is 39.2 Å². The standard InChI is InChI=1S/C18H26N4O4/c1-17(2,3)26-16(23)20-8-6-18(7-9-20)11-21(12-18)13-4-5-14(19)15(10-13)22(24)25/h4-5,10H,6-9,11-12,19H2,1-3H3. The molecule has 0 aromatic heterocycles. The van der Waals surface area contributed by atoms with Crippen molar-refractivity contribution in [1.29, 1.82) is 0 Å². The van der Waals surface area contributed by atoms with E-state index in [9.17, 15) is 14.9 Å². The van der Waals surface area contributed by atoms with Crippen LogP contribution >= 0.6 is 0 Å². The van der Waals surface area contributed by atoms with Gasteiger partial charge in [0.1, 0.15) is 11.3 Å². The van der Waals surface area contributed by atoms with E-state index in [2.05, 4.69) is 4.90 Å². The van der Waals surface area contributed by atoms with Crippen LogP contribution in [0.2, 0.25) is 0 Å². The zero-order chi connectivity index (χ0) is 19.1. The molecule has 0 bridgehead atoms. The number of amides is 1. The Kier molecular flexibility index (Phi) is 4.46. The smallest absolute Gasteiger partial charge is 0.410 e. The van der Waals surface area contributed by atoms with E-state index in [0.29, 0.717) is 13.1 Å². The van der Waals surface area contributed by atoms with Crippen LogP contribution in [0.1, 0.15) is 33.6 Å². The van der Waals surface area contributed by atoms with Crippen molar-refractivity contribution in [3.8, 4) is 0 Å². The average Bonchev–Trinajstić information content (AvgIpc) is 2.51. The molecule has 8 heteroatoms. The number of nitrogens with two attached hydrogens (primary N) is 1. The highest BCUT2D eigenvalue weighted by molar-refractivity contribution is 5.69. The van der Waals surface area contributed by atoms with Crippen molar-refractivity contribution in [3.63, 3.8) is 0 Å². The molecule has 1 aromatic carbocycles. The lowest BCUT2D eigenvalue weighted by atomic mass is 9.72. The fraction of sp³-hybridized carbons (Fsp3) is 0.611. The number of rotatable bonds is 2. The molecule has 0 atom stereocenters. The van der Waals surface area contributed by atoms with Gasteiger partial charge in [-0.15, -0.1) is 0 Å². The van der Waals surface area contributed by atoms with Crippen LogP contribution in [0.15, 0.2) is 18.2 Å². The third kappa shape index (κ3) is 3.68. The van der Waals surface area contributed by atoms with Crippen LogP contribution < -0.4 is 10.6 Å². The molecule has 1 aromatic rings. The summed E-state index contributed by atoms with van der Waals surface area (Å²) >= 11 is 0. The van der Waals surface area contributed by atoms with Crippen LogP contribution in [0.5, 0.6) is 0 Å². The molecule has 2 fully saturated rings. The maximum absolute atomic E-state index is 12.2. The number of nitrogens with zero attached hydrogens (tertiary/aromatic N) is 3. The van der Waals surface area contributed by atoms with Crippen molar-refractivity contribution >= 4 is 23.2 Å². The molecule has 2 saturated heterocycles. The van der Waals surface area contributed by atoms with Gasteiger partial charge >= 0.3 is 6.09 Å². The molecular formula is C18H26N4O4. The van der Waals surface area contributed by atoms with Gasteiger partial charge in [-0.3, -0.25) is 10.1 Å². The molecule has 0 aliphatic carbocycles. The van der Waals surface area contributed by atoms with E-state index in [4.69, 9.17) is 10.5 Å². The van der Waals surface area contributed by atoms with E-state index in [1.165, 1.54) is 6.07 Å². The molecule has 2 heterocycles. The summed E-state index contributed by atoms with van der Waals surface area (Å²) in [6.45, 7) is 8.66. The number of piperidine rings is 1. The van der Waals surface area contributed by atoms with E-state index in [0.717, 1.165) is 31.6 Å². The number of nitrogen functional groups attached to an aromatic ring is 1. The number of benzene rings is 1. The largest absolute Gasteiger partial charge is 0.444 e. The van der Waals surface area contributed by atoms with Crippen LogP contribution in [0, 0.1) is 15.5 Å². The second kappa shape index (κ2) is 6.34. The second-order valence-corrected chi connectivity index (χ2v) is 8.32. The van der Waals surface area contributed by atoms with Crippen molar-refractivity contribution < 1.29 is 14.5 Å². The molecule has 3 rings (SSSR count). The predicted octanol–water partition coefficient (Wildman–Crippen LogP) is 3.01. The van der Waals surface area contributed by atoms with Gasteiger partial charge in [0.15, 0.2) is 0 Å². The number of anilines is 2. The molecule has 0 saturated carbocycles. The number of nitro groups is 1. The summed E-state index contributed by atoms with van der Waals surface area (Å²) in [4.78, 5) is 26.7. The third-order valence-electron chi connectivity index (χ3n) is 5.10. The fourth-order valence-corrected chi connectivity index (χ4v) is 3.64. The summed E-state index contributed by atoms with van der Waals surface area (Å²) in [5, 5.41) is 11.1. The van der Waals surface area contributed by atoms with Gasteiger partial charge in [-0.05, 0) is 45.7 Å². The molecule has 0 unspecified atom stereocenters. The van der Waals surface area contributed by atoms with Gasteiger partial charge in [-0.2, -0.15) is 0 Å². The maximum atomic E-state index is 12.2. The molecular weight excluding hydrogens is 336 g/mol. The van der Waals surface area contributed by atoms with Crippen molar-refractivity contribution in [2.75, 3.05) is 36.8 Å². The monoisotopic (exact) mass is 362 g/mol. The number of carbonyl (C=O) groups is 1. The number of nitro benzene ring substituents is 1. The van der Waals surface area contributed by atoms with Crippen LogP contribution in [0.25, 0.3) is 0 Å². The second-order valence-electron chi connectivity index (χ2n) is 8.32. The summed E-state index contributed by atoms with van der Waals surface area (Å²) in [5.74, 6) is 0. The van der Waals surface area contributed by atoms with Crippen LogP contribution in [0.3, 0.4) is 0 Å². The Labute approximate surface area is 153 Å². The van der Waals surface area contributed by atoms with Gasteiger partial charge < -0.3 is 20.3 Å². The van der Waals surface area contributed by atoms with E-state index < -0.39 is 10.5 Å². The van der Waals surface area contributed by atoms with E-state index in [1.54, 1.807) is 11.0 Å². The zero-order valence-electron chi connectivity index (χ0n) is 15.5. The van der Waals surface area contributed by atoms with Crippen molar-refractivity contribution in [2.24, 2.45) is 5.41 Å². The lowest BCUT2D eigenvalue weighted by molar-refractivity contribution is -0.383. The van der Waals surface area contributed by atoms with Crippen LogP contribution in [-0.2, 0) is 4.74 Å². The molecule has 26 heavy (non-hydrogen) atoms. The first-order valence-electron chi connectivity index (χ1n) is 8.85. The number of hydrogen-bond donors (Lipinski definition) is 1. The highest BCUT2D eigenvalue weighted by Crippen LogP contribution is 2.43. The Morgan fingerprint density at radius 3 is 2.42 bits per heavy atom. The number of hydrogen-bond acceptors (Lipinski definition) is 6. The molecule has 1 spiro atoms. The minimum Gasteiger partial charge on any atom is -0.444 e. The van der Waals surface area contributed by atoms with Gasteiger partial charge in [0.25, 0.3) is 5.69 Å². The average molecular weight is 362 g/mol. The highest BCUT2D eigenvalue weighted by Gasteiger charge is 2.46. The summed E-state index contributed by atoms with van der Waals surface area (Å²) in [7, 11) is 0. The first-order chi connectivity index (χ1) is 12.1. The Morgan fingerprint density at radius 2 is 1.88 bits per heavy atom. The molecule has 0 radical (unpaired) electrons. The summed E-state index contributed by atoms with van der Waals surface area (Å²) in [6, 6.07) is 4.95. The predicted molar refractivity (Wildman–Crippen MR) is 99.2 cm³/mol. The highest BCUT2D eigenvalue weighted by atomic mass is 16.6. The molecule has 2 aliphatic rings. The van der Waals surface area contributed by atoms with E-state index in [1.807, 2.05) is 26.8 Å². The maximum Gasteiger partial charge on any atom is 0.410 e. The van der Waals surface area contributed by atoms with Gasteiger partial charge in [0.05, 0.1) is 4.92 Å². The SMILES string of the molecule is CC(C)(C)OC(=O)N1CCC2(CC1)CN(c1ccc(N)c([N+](=O)[O-])c1)C2. The van der Waals surface area contributed by atoms with Crippen LogP contribution in [0.4, 0.5) is 21.9 Å². The topological polar surface area (TPSA) is 102 Å². The Morgan fingerprint density at radius 1 is 1.27 bits per heavy atom. The minimum atomic E-state index is -0.483. The molecule has 8 nitrogen and oxygen atoms in total. The minimum absolute atomic E-state index is 0.0526. The summed E-state index contributed by atoms with van der Waals surface area (Å²) in [6.07, 6.45) is 1.58. The van der Waals surface area contributed by atoms with Gasteiger partial charge in [-0.25, -0.2) is 4.79 Å². The normalized spacial score (nSPS) is 19.2. The molecule has 2 N–H and O–H groups in total. The third-order valence-corrected chi connectivity index (χ3v) is 5.10. The fourth-order valence-electron chi connectivity index (χ4n) is 3.64. The molecule has 142 valence electrons. The quantitative estimate of drug-likeness (QED) is 0.493. The number of ether oxygens (including phenoxy) is 1. The Balaban J connectivity index is 1.57. The number of likely N-dealkylation sites (tertiary alicyclic amines) is 1. The lowest BCUT2D eigenvalue weighted by Gasteiger charge is -2.54. The van der Waals surface area contributed by atoms with Crippen molar-refractivity contribution in [1.82, 2.24) is 4.90 Å². The summed E-state index contributed by atoms with van der Waals surface area (Å²) < 4.78 is 5.44. The Hall–Kier alpha value is -2.51.